The van der Waals surface area contributed by atoms with Gasteiger partial charge in [-0.15, -0.1) is 0 Å². The van der Waals surface area contributed by atoms with Crippen molar-refractivity contribution in [3.05, 3.63) is 84.2 Å². The third-order valence-electron chi connectivity index (χ3n) is 4.69. The first kappa shape index (κ1) is 26.9. The number of sulfonamides is 2. The molecule has 1 amide bonds. The van der Waals surface area contributed by atoms with E-state index in [1.54, 1.807) is 0 Å². The van der Waals surface area contributed by atoms with Crippen LogP contribution >= 0.6 is 0 Å². The molecular weight excluding hydrogens is 526 g/mol. The van der Waals surface area contributed by atoms with Gasteiger partial charge in [0.2, 0.25) is 15.9 Å². The molecule has 0 aliphatic heterocycles. The second-order valence-corrected chi connectivity index (χ2v) is 11.1. The van der Waals surface area contributed by atoms with Crippen molar-refractivity contribution in [1.29, 1.82) is 0 Å². The molecule has 0 saturated heterocycles. The molecule has 192 valence electrons. The number of hydrogen-bond donors (Lipinski definition) is 2. The molecule has 0 bridgehead atoms. The van der Waals surface area contributed by atoms with E-state index >= 15 is 0 Å². The Morgan fingerprint density at radius 3 is 2.06 bits per heavy atom. The van der Waals surface area contributed by atoms with Crippen molar-refractivity contribution in [2.75, 3.05) is 27.1 Å². The standard InChI is InChI=1S/C22H19F4N3O5S2/c1-35(31,32)29(19-9-5-16(23)6-10-19)14-21(30)27-17-7-11-20(12-8-17)36(33,34)28-18-4-2-3-15(13-18)22(24,25)26/h2-13,28H,14H2,1H3,(H,27,30). The van der Waals surface area contributed by atoms with Crippen LogP contribution in [0.4, 0.5) is 34.6 Å². The average Bonchev–Trinajstić information content (AvgIpc) is 2.77. The minimum Gasteiger partial charge on any atom is -0.325 e. The normalized spacial score (nSPS) is 12.1. The molecule has 0 atom stereocenters. The summed E-state index contributed by atoms with van der Waals surface area (Å²) in [5.41, 5.74) is -1.12. The van der Waals surface area contributed by atoms with Crippen molar-refractivity contribution >= 4 is 43.0 Å². The quantitative estimate of drug-likeness (QED) is 0.415. The Bertz CT molecular complexity index is 1460. The maximum Gasteiger partial charge on any atom is 0.416 e. The Labute approximate surface area is 204 Å². The van der Waals surface area contributed by atoms with E-state index in [-0.39, 0.29) is 22.0 Å². The second-order valence-electron chi connectivity index (χ2n) is 7.50. The Balaban J connectivity index is 1.71. The van der Waals surface area contributed by atoms with Crippen LogP contribution in [0.3, 0.4) is 0 Å². The molecular formula is C22H19F4N3O5S2. The number of benzene rings is 3. The first-order chi connectivity index (χ1) is 16.6. The fraction of sp³-hybridized carbons (Fsp3) is 0.136. The molecule has 8 nitrogen and oxygen atoms in total. The molecule has 2 N–H and O–H groups in total. The summed E-state index contributed by atoms with van der Waals surface area (Å²) in [6.45, 7) is -0.637. The number of carbonyl (C=O) groups is 1. The Hall–Kier alpha value is -3.65. The SMILES string of the molecule is CS(=O)(=O)N(CC(=O)Nc1ccc(S(=O)(=O)Nc2cccc(C(F)(F)F)c2)cc1)c1ccc(F)cc1. The van der Waals surface area contributed by atoms with Gasteiger partial charge in [-0.3, -0.25) is 13.8 Å². The van der Waals surface area contributed by atoms with Crippen LogP contribution in [0.2, 0.25) is 0 Å². The van der Waals surface area contributed by atoms with Crippen LogP contribution in [0.25, 0.3) is 0 Å². The monoisotopic (exact) mass is 545 g/mol. The predicted molar refractivity (Wildman–Crippen MR) is 126 cm³/mol. The molecule has 3 aromatic rings. The van der Waals surface area contributed by atoms with E-state index in [0.717, 1.165) is 53.0 Å². The van der Waals surface area contributed by atoms with Gasteiger partial charge < -0.3 is 5.32 Å². The van der Waals surface area contributed by atoms with Crippen LogP contribution in [-0.2, 0) is 31.0 Å². The van der Waals surface area contributed by atoms with Crippen molar-refractivity contribution in [2.45, 2.75) is 11.1 Å². The number of nitrogens with one attached hydrogen (secondary N) is 2. The smallest absolute Gasteiger partial charge is 0.325 e. The molecule has 0 saturated carbocycles. The summed E-state index contributed by atoms with van der Waals surface area (Å²) in [6.07, 6.45) is -3.77. The molecule has 0 fully saturated rings. The average molecular weight is 546 g/mol. The van der Waals surface area contributed by atoms with Gasteiger partial charge in [0.1, 0.15) is 12.4 Å². The molecule has 3 rings (SSSR count). The highest BCUT2D eigenvalue weighted by Crippen LogP contribution is 2.31. The summed E-state index contributed by atoms with van der Waals surface area (Å²) in [4.78, 5) is 12.1. The maximum atomic E-state index is 13.2. The number of hydrogen-bond acceptors (Lipinski definition) is 5. The van der Waals surface area contributed by atoms with E-state index in [0.29, 0.717) is 6.07 Å². The lowest BCUT2D eigenvalue weighted by molar-refractivity contribution is -0.137. The second kappa shape index (κ2) is 10.1. The van der Waals surface area contributed by atoms with Crippen LogP contribution in [-0.4, -0.2) is 35.5 Å². The third kappa shape index (κ3) is 6.95. The van der Waals surface area contributed by atoms with Crippen molar-refractivity contribution < 1.29 is 39.2 Å². The molecule has 0 heterocycles. The van der Waals surface area contributed by atoms with E-state index in [2.05, 4.69) is 10.0 Å². The van der Waals surface area contributed by atoms with Crippen LogP contribution in [0.15, 0.2) is 77.7 Å². The summed E-state index contributed by atoms with van der Waals surface area (Å²) in [6, 6.07) is 12.8. The van der Waals surface area contributed by atoms with Crippen molar-refractivity contribution in [3.8, 4) is 0 Å². The van der Waals surface area contributed by atoms with E-state index in [4.69, 9.17) is 0 Å². The lowest BCUT2D eigenvalue weighted by atomic mass is 10.2. The zero-order valence-corrected chi connectivity index (χ0v) is 20.1. The highest BCUT2D eigenvalue weighted by Gasteiger charge is 2.30. The lowest BCUT2D eigenvalue weighted by Gasteiger charge is -2.21. The number of amides is 1. The fourth-order valence-electron chi connectivity index (χ4n) is 3.03. The summed E-state index contributed by atoms with van der Waals surface area (Å²) < 4.78 is 104. The first-order valence-corrected chi connectivity index (χ1v) is 13.3. The molecule has 0 aliphatic carbocycles. The zero-order valence-electron chi connectivity index (χ0n) is 18.5. The number of rotatable bonds is 8. The van der Waals surface area contributed by atoms with Crippen LogP contribution < -0.4 is 14.3 Å². The molecule has 3 aromatic carbocycles. The number of halogens is 4. The van der Waals surface area contributed by atoms with Gasteiger partial charge in [0, 0.05) is 11.4 Å². The van der Waals surface area contributed by atoms with E-state index in [9.17, 15) is 39.2 Å². The largest absolute Gasteiger partial charge is 0.416 e. The minimum atomic E-state index is -4.65. The zero-order chi connectivity index (χ0) is 26.7. The van der Waals surface area contributed by atoms with Crippen LogP contribution in [0.5, 0.6) is 0 Å². The van der Waals surface area contributed by atoms with Gasteiger partial charge in [-0.25, -0.2) is 21.2 Å². The first-order valence-electron chi connectivity index (χ1n) is 9.98. The van der Waals surface area contributed by atoms with Gasteiger partial charge in [0.25, 0.3) is 10.0 Å². The number of carbonyl (C=O) groups excluding carboxylic acids is 1. The Morgan fingerprint density at radius 1 is 0.889 bits per heavy atom. The predicted octanol–water partition coefficient (Wildman–Crippen LogP) is 4.05. The molecule has 14 heteroatoms. The topological polar surface area (TPSA) is 113 Å². The van der Waals surface area contributed by atoms with Gasteiger partial charge in [0.05, 0.1) is 22.4 Å². The van der Waals surface area contributed by atoms with Crippen LogP contribution in [0.1, 0.15) is 5.56 Å². The number of alkyl halides is 3. The molecule has 0 aliphatic rings. The van der Waals surface area contributed by atoms with Gasteiger partial charge in [-0.2, -0.15) is 13.2 Å². The molecule has 0 unspecified atom stereocenters. The summed E-state index contributed by atoms with van der Waals surface area (Å²) in [5.74, 6) is -1.35. The highest BCUT2D eigenvalue weighted by atomic mass is 32.2. The summed E-state index contributed by atoms with van der Waals surface area (Å²) in [5, 5.41) is 2.42. The van der Waals surface area contributed by atoms with Crippen molar-refractivity contribution in [2.24, 2.45) is 0 Å². The molecule has 0 spiro atoms. The lowest BCUT2D eigenvalue weighted by Crippen LogP contribution is -2.37. The van der Waals surface area contributed by atoms with E-state index in [1.165, 1.54) is 24.3 Å². The van der Waals surface area contributed by atoms with E-state index < -0.39 is 50.1 Å². The minimum absolute atomic E-state index is 0.0659. The molecule has 0 radical (unpaired) electrons. The van der Waals surface area contributed by atoms with Crippen LogP contribution in [0, 0.1) is 5.82 Å². The van der Waals surface area contributed by atoms with E-state index in [1.807, 2.05) is 0 Å². The summed E-state index contributed by atoms with van der Waals surface area (Å²) >= 11 is 0. The highest BCUT2D eigenvalue weighted by molar-refractivity contribution is 7.92. The molecule has 36 heavy (non-hydrogen) atoms. The van der Waals surface area contributed by atoms with Gasteiger partial charge in [0.15, 0.2) is 0 Å². The Morgan fingerprint density at radius 2 is 1.50 bits per heavy atom. The summed E-state index contributed by atoms with van der Waals surface area (Å²) in [7, 11) is -8.14. The fourth-order valence-corrected chi connectivity index (χ4v) is 4.93. The number of anilines is 3. The number of nitrogens with zero attached hydrogens (tertiary/aromatic N) is 1. The van der Waals surface area contributed by atoms with Gasteiger partial charge >= 0.3 is 6.18 Å². The van der Waals surface area contributed by atoms with Gasteiger partial charge in [-0.1, -0.05) is 6.07 Å². The van der Waals surface area contributed by atoms with Gasteiger partial charge in [-0.05, 0) is 66.7 Å². The van der Waals surface area contributed by atoms with Crippen molar-refractivity contribution in [1.82, 2.24) is 0 Å². The maximum absolute atomic E-state index is 13.2. The van der Waals surface area contributed by atoms with Crippen molar-refractivity contribution in [3.63, 3.8) is 0 Å². The molecule has 0 aromatic heterocycles. The Kier molecular flexibility index (Phi) is 7.59. The third-order valence-corrected chi connectivity index (χ3v) is 7.23.